The average Bonchev–Trinajstić information content (AvgIpc) is 3.92. The molecule has 0 radical (unpaired) electrons. The molecule has 7 heterocycles. The van der Waals surface area contributed by atoms with Gasteiger partial charge in [-0.2, -0.15) is 5.10 Å². The van der Waals surface area contributed by atoms with Gasteiger partial charge in [-0.1, -0.05) is 18.2 Å². The zero-order chi connectivity index (χ0) is 39.5. The molecule has 4 fully saturated rings. The van der Waals surface area contributed by atoms with E-state index in [9.17, 15) is 19.2 Å². The van der Waals surface area contributed by atoms with Crippen LogP contribution in [0.3, 0.4) is 0 Å². The van der Waals surface area contributed by atoms with Gasteiger partial charge in [0.25, 0.3) is 11.8 Å². The Labute approximate surface area is 335 Å². The molecule has 0 bridgehead atoms. The fraction of sp³-hybridized carbons (Fsp3) is 0.395. The van der Waals surface area contributed by atoms with E-state index in [0.29, 0.717) is 35.6 Å². The smallest absolute Gasteiger partial charge is 0.262 e. The van der Waals surface area contributed by atoms with E-state index in [1.165, 1.54) is 0 Å². The minimum atomic E-state index is -0.961. The third-order valence-corrected chi connectivity index (χ3v) is 12.6. The zero-order valence-electron chi connectivity index (χ0n) is 32.2. The molecule has 4 aromatic rings. The molecule has 4 N–H and O–H groups in total. The van der Waals surface area contributed by atoms with Crippen LogP contribution in [0, 0.1) is 5.92 Å². The number of para-hydroxylation sites is 1. The average molecular weight is 783 g/mol. The van der Waals surface area contributed by atoms with E-state index >= 15 is 0 Å². The van der Waals surface area contributed by atoms with Crippen LogP contribution in [-0.4, -0.2) is 119 Å². The normalized spacial score (nSPS) is 23.0. The second-order valence-electron chi connectivity index (χ2n) is 16.3. The monoisotopic (exact) mass is 782 g/mol. The molecule has 1 aromatic heterocycles. The lowest BCUT2D eigenvalue weighted by molar-refractivity contribution is -0.136. The van der Waals surface area contributed by atoms with E-state index in [2.05, 4.69) is 35.0 Å². The number of fused-ring (bicyclic) bond motifs is 2. The van der Waals surface area contributed by atoms with Gasteiger partial charge in [0, 0.05) is 68.9 Å². The second kappa shape index (κ2) is 14.7. The first-order valence-electron chi connectivity index (χ1n) is 20.3. The Balaban J connectivity index is 0.725. The topological polar surface area (TPSA) is 171 Å². The number of ether oxygens (including phenoxy) is 1. The fourth-order valence-electron chi connectivity index (χ4n) is 9.59. The molecule has 4 amide bonds. The van der Waals surface area contributed by atoms with Gasteiger partial charge in [0.15, 0.2) is 0 Å². The van der Waals surface area contributed by atoms with E-state index in [1.807, 2.05) is 60.7 Å². The van der Waals surface area contributed by atoms with Gasteiger partial charge in [-0.3, -0.25) is 34.3 Å². The summed E-state index contributed by atoms with van der Waals surface area (Å²) in [5.74, 6) is 1.59. The summed E-state index contributed by atoms with van der Waals surface area (Å²) in [6.07, 6.45) is 3.41. The number of aliphatic imine (C=N–C) groups is 1. The quantitative estimate of drug-likeness (QED) is 0.212. The summed E-state index contributed by atoms with van der Waals surface area (Å²) in [4.78, 5) is 63.6. The summed E-state index contributed by atoms with van der Waals surface area (Å²) in [5, 5.41) is 10.9. The first-order chi connectivity index (χ1) is 28.3. The van der Waals surface area contributed by atoms with Crippen LogP contribution in [0.15, 0.2) is 77.8 Å². The van der Waals surface area contributed by atoms with Gasteiger partial charge in [-0.25, -0.2) is 9.67 Å². The van der Waals surface area contributed by atoms with Crippen LogP contribution >= 0.6 is 0 Å². The minimum absolute atomic E-state index is 0.101. The highest BCUT2D eigenvalue weighted by Gasteiger charge is 2.45. The molecule has 298 valence electrons. The maximum absolute atomic E-state index is 13.3. The lowest BCUT2D eigenvalue weighted by atomic mass is 9.97. The van der Waals surface area contributed by atoms with E-state index < -0.39 is 23.8 Å². The number of hydrogen-bond acceptors (Lipinski definition) is 12. The molecule has 10 rings (SSSR count). The molecule has 1 unspecified atom stereocenters. The summed E-state index contributed by atoms with van der Waals surface area (Å²) in [7, 11) is 0. The highest BCUT2D eigenvalue weighted by Crippen LogP contribution is 2.38. The minimum Gasteiger partial charge on any atom is -0.457 e. The van der Waals surface area contributed by atoms with Crippen molar-refractivity contribution in [3.8, 4) is 22.8 Å². The van der Waals surface area contributed by atoms with Crippen molar-refractivity contribution in [2.24, 2.45) is 16.6 Å². The van der Waals surface area contributed by atoms with E-state index in [0.717, 1.165) is 110 Å². The van der Waals surface area contributed by atoms with Crippen LogP contribution in [-0.2, 0) is 9.59 Å². The number of carbonyl (C=O) groups is 4. The first kappa shape index (κ1) is 36.3. The molecule has 4 saturated heterocycles. The number of imide groups is 2. The second-order valence-corrected chi connectivity index (χ2v) is 16.3. The first-order valence-corrected chi connectivity index (χ1v) is 20.3. The molecule has 2 atom stereocenters. The van der Waals surface area contributed by atoms with E-state index in [1.54, 1.807) is 12.1 Å². The zero-order valence-corrected chi connectivity index (χ0v) is 32.2. The number of anilines is 2. The molecule has 15 nitrogen and oxygen atoms in total. The van der Waals surface area contributed by atoms with Crippen molar-refractivity contribution >= 4 is 41.0 Å². The highest BCUT2D eigenvalue weighted by atomic mass is 16.5. The van der Waals surface area contributed by atoms with Crippen molar-refractivity contribution < 1.29 is 23.9 Å². The lowest BCUT2D eigenvalue weighted by Crippen LogP contribution is -2.54. The Morgan fingerprint density at radius 2 is 1.53 bits per heavy atom. The van der Waals surface area contributed by atoms with Crippen molar-refractivity contribution in [1.82, 2.24) is 29.8 Å². The standard InChI is InChI=1S/C43H46N10O5/c44-39-37-38(27-6-9-32(10-7-27)58-31-4-2-1-3-5-31)48-53(40(37)46-25-45-39)28-15-18-50(19-16-28)30-14-17-49(24-30)21-26-22-51(23-26)29-8-11-33-34(20-29)43(57)52(42(33)56)35-12-13-36(54)47-41(35)55/h1-11,20,26,28,30,35,46H,12-19,21-25H2,(H2,44,45)(H,47,54,55)/t30-,35?/m1/s1. The molecular weight excluding hydrogens is 737 g/mol. The highest BCUT2D eigenvalue weighted by molar-refractivity contribution is 6.23. The third kappa shape index (κ3) is 6.57. The van der Waals surface area contributed by atoms with Gasteiger partial charge in [0.05, 0.1) is 22.7 Å². The van der Waals surface area contributed by atoms with Crippen molar-refractivity contribution in [2.75, 3.05) is 62.7 Å². The summed E-state index contributed by atoms with van der Waals surface area (Å²) < 4.78 is 8.18. The maximum Gasteiger partial charge on any atom is 0.262 e. The van der Waals surface area contributed by atoms with E-state index in [4.69, 9.17) is 15.6 Å². The number of amidine groups is 1. The predicted molar refractivity (Wildman–Crippen MR) is 217 cm³/mol. The Kier molecular flexibility index (Phi) is 9.20. The number of benzene rings is 3. The molecular formula is C43H46N10O5. The predicted octanol–water partition coefficient (Wildman–Crippen LogP) is 3.68. The van der Waals surface area contributed by atoms with Crippen molar-refractivity contribution in [2.45, 2.75) is 50.2 Å². The summed E-state index contributed by atoms with van der Waals surface area (Å²) in [5.41, 5.74) is 10.7. The maximum atomic E-state index is 13.3. The lowest BCUT2D eigenvalue weighted by Gasteiger charge is -2.43. The van der Waals surface area contributed by atoms with E-state index in [-0.39, 0.29) is 24.8 Å². The number of nitrogens with two attached hydrogens (primary N) is 1. The van der Waals surface area contributed by atoms with Crippen molar-refractivity contribution in [1.29, 1.82) is 0 Å². The summed E-state index contributed by atoms with van der Waals surface area (Å²) >= 11 is 0. The van der Waals surface area contributed by atoms with Crippen LogP contribution in [0.2, 0.25) is 0 Å². The number of aromatic nitrogens is 2. The number of amides is 4. The molecule has 15 heteroatoms. The Morgan fingerprint density at radius 1 is 0.793 bits per heavy atom. The van der Waals surface area contributed by atoms with Crippen LogP contribution in [0.1, 0.15) is 64.4 Å². The number of carbonyl (C=O) groups excluding carboxylic acids is 4. The Bertz CT molecular complexity index is 2310. The molecule has 0 spiro atoms. The Morgan fingerprint density at radius 3 is 2.31 bits per heavy atom. The van der Waals surface area contributed by atoms with Crippen LogP contribution in [0.25, 0.3) is 11.3 Å². The van der Waals surface area contributed by atoms with Crippen LogP contribution in [0.5, 0.6) is 11.5 Å². The number of rotatable bonds is 9. The van der Waals surface area contributed by atoms with Crippen molar-refractivity contribution in [3.05, 3.63) is 89.5 Å². The molecule has 6 aliphatic rings. The molecule has 6 aliphatic heterocycles. The van der Waals surface area contributed by atoms with Gasteiger partial charge in [-0.15, -0.1) is 0 Å². The number of hydrogen-bond donors (Lipinski definition) is 3. The van der Waals surface area contributed by atoms with Gasteiger partial charge >= 0.3 is 0 Å². The number of nitrogens with zero attached hydrogens (tertiary/aromatic N) is 7. The summed E-state index contributed by atoms with van der Waals surface area (Å²) in [6, 6.07) is 22.9. The van der Waals surface area contributed by atoms with Crippen LogP contribution < -0.4 is 26.0 Å². The molecule has 0 aliphatic carbocycles. The summed E-state index contributed by atoms with van der Waals surface area (Å²) in [6.45, 7) is 7.41. The molecule has 3 aromatic carbocycles. The van der Waals surface area contributed by atoms with Gasteiger partial charge in [0.1, 0.15) is 41.6 Å². The van der Waals surface area contributed by atoms with Crippen molar-refractivity contribution in [3.63, 3.8) is 0 Å². The van der Waals surface area contributed by atoms with Gasteiger partial charge in [0.2, 0.25) is 11.8 Å². The SMILES string of the molecule is NC1=NCNc2c1c(-c1ccc(Oc3ccccc3)cc1)nn2C1CCN([C@@H]2CCN(CC3CN(c4ccc5c(c4)C(=O)N(C4CCC(=O)NC4=O)C5=O)C3)C2)CC1. The number of nitrogens with one attached hydrogen (secondary N) is 2. The number of likely N-dealkylation sites (tertiary alicyclic amines) is 2. The van der Waals surface area contributed by atoms with Gasteiger partial charge in [-0.05, 0) is 86.8 Å². The molecule has 58 heavy (non-hydrogen) atoms. The largest absolute Gasteiger partial charge is 0.457 e. The van der Waals surface area contributed by atoms with Gasteiger partial charge < -0.3 is 25.6 Å². The van der Waals surface area contributed by atoms with Crippen LogP contribution in [0.4, 0.5) is 11.5 Å². The number of piperidine rings is 2. The third-order valence-electron chi connectivity index (χ3n) is 12.6. The molecule has 0 saturated carbocycles. The fourth-order valence-corrected chi connectivity index (χ4v) is 9.59. The Hall–Kier alpha value is -6.06.